The lowest BCUT2D eigenvalue weighted by Crippen LogP contribution is -2.46. The third kappa shape index (κ3) is 6.30. The van der Waals surface area contributed by atoms with E-state index >= 15 is 0 Å². The molecule has 0 fully saturated rings. The van der Waals surface area contributed by atoms with Gasteiger partial charge in [-0.25, -0.2) is 0 Å². The molecule has 0 heterocycles. The van der Waals surface area contributed by atoms with E-state index in [4.69, 9.17) is 13.7 Å². The summed E-state index contributed by atoms with van der Waals surface area (Å²) in [6.07, 6.45) is 0. The number of hydrogen-bond donors (Lipinski definition) is 1. The average Bonchev–Trinajstić information content (AvgIpc) is 2.72. The molecule has 3 rings (SSSR count). The highest BCUT2D eigenvalue weighted by atomic mass is 28.3. The van der Waals surface area contributed by atoms with Crippen LogP contribution in [-0.2, 0) is 14.5 Å². The molecule has 0 radical (unpaired) electrons. The number of hydrogen-bond acceptors (Lipinski definition) is 4. The Morgan fingerprint density at radius 2 is 1.34 bits per heavy atom. The summed E-state index contributed by atoms with van der Waals surface area (Å²) in [5, 5.41) is 12.3. The minimum atomic E-state index is -1.96. The highest BCUT2D eigenvalue weighted by Gasteiger charge is 2.23. The second kappa shape index (κ2) is 9.89. The van der Waals surface area contributed by atoms with Crippen molar-refractivity contribution >= 4 is 26.7 Å². The van der Waals surface area contributed by atoms with Gasteiger partial charge in [0.2, 0.25) is 9.04 Å². The first kappa shape index (κ1) is 21.3. The van der Waals surface area contributed by atoms with Crippen LogP contribution in [-0.4, -0.2) is 28.2 Å². The first-order chi connectivity index (χ1) is 13.9. The SMILES string of the molecule is CC(C)(C)c1ccc([SiH](OCOB(O)Oc2ccccc2)c2ccccc2)cc1. The van der Waals surface area contributed by atoms with Crippen LogP contribution in [0.2, 0.25) is 0 Å². The molecule has 1 unspecified atom stereocenters. The molecule has 0 bridgehead atoms. The molecule has 0 saturated carbocycles. The molecule has 1 atom stereocenters. The molecule has 1 N–H and O–H groups in total. The van der Waals surface area contributed by atoms with Crippen molar-refractivity contribution < 1.29 is 18.8 Å². The molecule has 29 heavy (non-hydrogen) atoms. The van der Waals surface area contributed by atoms with E-state index in [0.717, 1.165) is 10.4 Å². The Balaban J connectivity index is 1.67. The Hall–Kier alpha value is -2.38. The largest absolute Gasteiger partial charge is 0.712 e. The summed E-state index contributed by atoms with van der Waals surface area (Å²) >= 11 is 0. The van der Waals surface area contributed by atoms with Crippen LogP contribution in [0.4, 0.5) is 0 Å². The fourth-order valence-corrected chi connectivity index (χ4v) is 5.08. The molecule has 0 aliphatic heterocycles. The summed E-state index contributed by atoms with van der Waals surface area (Å²) in [5.41, 5.74) is 1.38. The third-order valence-corrected chi connectivity index (χ3v) is 7.06. The minimum Gasteiger partial charge on any atom is -0.512 e. The van der Waals surface area contributed by atoms with Crippen molar-refractivity contribution in [3.8, 4) is 5.75 Å². The van der Waals surface area contributed by atoms with Crippen LogP contribution in [0.5, 0.6) is 5.75 Å². The first-order valence-corrected chi connectivity index (χ1v) is 11.3. The van der Waals surface area contributed by atoms with E-state index < -0.39 is 16.4 Å². The fraction of sp³-hybridized carbons (Fsp3) is 0.217. The molecule has 0 aromatic heterocycles. The molecule has 150 valence electrons. The van der Waals surface area contributed by atoms with Crippen molar-refractivity contribution in [2.75, 3.05) is 6.79 Å². The second-order valence-corrected chi connectivity index (χ2v) is 10.3. The lowest BCUT2D eigenvalue weighted by atomic mass is 9.87. The van der Waals surface area contributed by atoms with Crippen molar-refractivity contribution in [3.05, 3.63) is 90.5 Å². The molecular formula is C23H27BO4Si. The third-order valence-electron chi connectivity index (χ3n) is 4.61. The molecule has 3 aromatic carbocycles. The van der Waals surface area contributed by atoms with E-state index in [2.05, 4.69) is 57.2 Å². The van der Waals surface area contributed by atoms with Gasteiger partial charge in [-0.1, -0.05) is 93.6 Å². The van der Waals surface area contributed by atoms with E-state index in [1.54, 1.807) is 12.1 Å². The van der Waals surface area contributed by atoms with E-state index in [1.807, 2.05) is 36.4 Å². The lowest BCUT2D eigenvalue weighted by Gasteiger charge is -2.21. The van der Waals surface area contributed by atoms with Gasteiger partial charge >= 0.3 is 7.32 Å². The van der Waals surface area contributed by atoms with Gasteiger partial charge in [-0.15, -0.1) is 0 Å². The maximum absolute atomic E-state index is 9.97. The Morgan fingerprint density at radius 3 is 1.93 bits per heavy atom. The fourth-order valence-electron chi connectivity index (χ4n) is 2.99. The molecule has 4 nitrogen and oxygen atoms in total. The van der Waals surface area contributed by atoms with Gasteiger partial charge < -0.3 is 18.8 Å². The highest BCUT2D eigenvalue weighted by molar-refractivity contribution is 6.80. The van der Waals surface area contributed by atoms with Crippen molar-refractivity contribution in [2.24, 2.45) is 0 Å². The number of rotatable bonds is 8. The summed E-state index contributed by atoms with van der Waals surface area (Å²) in [7, 11) is -3.34. The normalized spacial score (nSPS) is 12.4. The maximum atomic E-state index is 9.97. The van der Waals surface area contributed by atoms with Gasteiger partial charge in [0.25, 0.3) is 0 Å². The van der Waals surface area contributed by atoms with Gasteiger partial charge in [0, 0.05) is 0 Å². The van der Waals surface area contributed by atoms with Crippen LogP contribution in [0.3, 0.4) is 0 Å². The predicted octanol–water partition coefficient (Wildman–Crippen LogP) is 2.87. The summed E-state index contributed by atoms with van der Waals surface area (Å²) in [4.78, 5) is 0. The number of para-hydroxylation sites is 1. The molecule has 0 spiro atoms. The van der Waals surface area contributed by atoms with Gasteiger partial charge in [0.05, 0.1) is 0 Å². The topological polar surface area (TPSA) is 47.9 Å². The molecule has 3 aromatic rings. The standard InChI is InChI=1S/C23H27BO4Si/c1-23(2,3)19-14-16-22(17-15-19)29(21-12-8-5-9-13-21)27-18-26-24(25)28-20-10-6-4-7-11-20/h4-17,25,29H,18H2,1-3H3. The van der Waals surface area contributed by atoms with Gasteiger partial charge in [0.15, 0.2) is 0 Å². The van der Waals surface area contributed by atoms with Crippen LogP contribution < -0.4 is 15.0 Å². The van der Waals surface area contributed by atoms with Crippen LogP contribution in [0.15, 0.2) is 84.9 Å². The quantitative estimate of drug-likeness (QED) is 0.462. The Morgan fingerprint density at radius 1 is 0.793 bits per heavy atom. The van der Waals surface area contributed by atoms with Crippen LogP contribution >= 0.6 is 0 Å². The highest BCUT2D eigenvalue weighted by Crippen LogP contribution is 2.20. The Kier molecular flexibility index (Phi) is 7.28. The lowest BCUT2D eigenvalue weighted by molar-refractivity contribution is 0.0757. The van der Waals surface area contributed by atoms with E-state index in [9.17, 15) is 5.02 Å². The summed E-state index contributed by atoms with van der Waals surface area (Å²) < 4.78 is 16.8. The number of benzene rings is 3. The molecule has 0 aliphatic carbocycles. The van der Waals surface area contributed by atoms with Gasteiger partial charge in [-0.05, 0) is 33.5 Å². The van der Waals surface area contributed by atoms with Crippen LogP contribution in [0, 0.1) is 0 Å². The average molecular weight is 406 g/mol. The monoisotopic (exact) mass is 406 g/mol. The van der Waals surface area contributed by atoms with Crippen LogP contribution in [0.25, 0.3) is 0 Å². The zero-order valence-corrected chi connectivity index (χ0v) is 18.3. The maximum Gasteiger partial charge on any atom is 0.712 e. The summed E-state index contributed by atoms with van der Waals surface area (Å²) in [6, 6.07) is 27.8. The van der Waals surface area contributed by atoms with Crippen molar-refractivity contribution in [2.45, 2.75) is 26.2 Å². The van der Waals surface area contributed by atoms with E-state index in [1.165, 1.54) is 5.56 Å². The Bertz CT molecular complexity index is 867. The molecule has 0 amide bonds. The zero-order valence-electron chi connectivity index (χ0n) is 17.1. The first-order valence-electron chi connectivity index (χ1n) is 9.72. The predicted molar refractivity (Wildman–Crippen MR) is 120 cm³/mol. The molecule has 6 heteroatoms. The zero-order chi connectivity index (χ0) is 20.7. The van der Waals surface area contributed by atoms with Crippen molar-refractivity contribution in [3.63, 3.8) is 0 Å². The van der Waals surface area contributed by atoms with E-state index in [-0.39, 0.29) is 12.2 Å². The molecular weight excluding hydrogens is 379 g/mol. The minimum absolute atomic E-state index is 0.0548. The van der Waals surface area contributed by atoms with Crippen LogP contribution in [0.1, 0.15) is 26.3 Å². The van der Waals surface area contributed by atoms with Gasteiger partial charge in [-0.3, -0.25) is 0 Å². The second-order valence-electron chi connectivity index (χ2n) is 7.85. The molecule has 0 saturated heterocycles. The summed E-state index contributed by atoms with van der Waals surface area (Å²) in [5.74, 6) is 0.537. The van der Waals surface area contributed by atoms with Gasteiger partial charge in [0.1, 0.15) is 12.5 Å². The van der Waals surface area contributed by atoms with Gasteiger partial charge in [-0.2, -0.15) is 0 Å². The molecule has 0 aliphatic rings. The van der Waals surface area contributed by atoms with E-state index in [0.29, 0.717) is 5.75 Å². The Labute approximate surface area is 175 Å². The van der Waals surface area contributed by atoms with Crippen molar-refractivity contribution in [1.29, 1.82) is 0 Å². The van der Waals surface area contributed by atoms with Crippen molar-refractivity contribution in [1.82, 2.24) is 0 Å². The smallest absolute Gasteiger partial charge is 0.512 e. The summed E-state index contributed by atoms with van der Waals surface area (Å²) in [6.45, 7) is 6.55.